The van der Waals surface area contributed by atoms with Gasteiger partial charge in [-0.15, -0.1) is 11.3 Å². The van der Waals surface area contributed by atoms with E-state index in [0.717, 1.165) is 20.6 Å². The monoisotopic (exact) mass is 365 g/mol. The fourth-order valence-electron chi connectivity index (χ4n) is 3.06. The smallest absolute Gasteiger partial charge is 0.270 e. The van der Waals surface area contributed by atoms with Gasteiger partial charge in [0.25, 0.3) is 5.91 Å². The molecule has 0 aliphatic rings. The zero-order valence-electron chi connectivity index (χ0n) is 14.6. The number of imidazole rings is 1. The number of aryl methyl sites for hydroxylation is 1. The van der Waals surface area contributed by atoms with Crippen LogP contribution in [0.2, 0.25) is 0 Å². The van der Waals surface area contributed by atoms with Gasteiger partial charge in [0.2, 0.25) is 0 Å². The number of aliphatic hydroxyl groups is 1. The predicted octanol–water partition coefficient (Wildman–Crippen LogP) is 3.49. The maximum absolute atomic E-state index is 12.7. The molecule has 1 atom stereocenters. The number of fused-ring (bicyclic) bond motifs is 2. The van der Waals surface area contributed by atoms with Gasteiger partial charge in [-0.1, -0.05) is 24.3 Å². The van der Waals surface area contributed by atoms with Crippen LogP contribution in [0.15, 0.2) is 54.7 Å². The van der Waals surface area contributed by atoms with E-state index in [4.69, 9.17) is 0 Å². The second kappa shape index (κ2) is 6.23. The molecule has 0 bridgehead atoms. The minimum atomic E-state index is -1.15. The van der Waals surface area contributed by atoms with E-state index < -0.39 is 5.60 Å². The first kappa shape index (κ1) is 16.8. The van der Waals surface area contributed by atoms with Crippen LogP contribution in [0.3, 0.4) is 0 Å². The Balaban J connectivity index is 1.57. The molecule has 1 amide bonds. The minimum Gasteiger partial charge on any atom is -0.383 e. The Morgan fingerprint density at radius 2 is 2.04 bits per heavy atom. The molecule has 26 heavy (non-hydrogen) atoms. The first-order valence-electron chi connectivity index (χ1n) is 8.39. The fraction of sp³-hybridized carbons (Fsp3) is 0.200. The van der Waals surface area contributed by atoms with Crippen LogP contribution in [0.25, 0.3) is 15.7 Å². The van der Waals surface area contributed by atoms with Crippen LogP contribution >= 0.6 is 11.3 Å². The molecule has 3 aromatic heterocycles. The number of nitrogens with one attached hydrogen (secondary N) is 1. The Morgan fingerprint density at radius 3 is 2.85 bits per heavy atom. The van der Waals surface area contributed by atoms with Crippen LogP contribution in [0.5, 0.6) is 0 Å². The van der Waals surface area contributed by atoms with Crippen molar-refractivity contribution in [3.63, 3.8) is 0 Å². The zero-order chi connectivity index (χ0) is 18.3. The lowest BCUT2D eigenvalue weighted by Crippen LogP contribution is -2.38. The number of aromatic nitrogens is 2. The maximum atomic E-state index is 12.7. The van der Waals surface area contributed by atoms with Crippen LogP contribution in [-0.4, -0.2) is 26.9 Å². The Labute approximate surface area is 154 Å². The van der Waals surface area contributed by atoms with Gasteiger partial charge in [-0.05, 0) is 43.5 Å². The van der Waals surface area contributed by atoms with E-state index in [9.17, 15) is 9.90 Å². The first-order chi connectivity index (χ1) is 12.5. The Bertz CT molecular complexity index is 1080. The summed E-state index contributed by atoms with van der Waals surface area (Å²) in [6.07, 6.45) is 1.81. The van der Waals surface area contributed by atoms with Crippen LogP contribution in [0.4, 0.5) is 0 Å². The molecular weight excluding hydrogens is 346 g/mol. The van der Waals surface area contributed by atoms with E-state index in [1.165, 1.54) is 0 Å². The molecule has 0 aliphatic carbocycles. The third-order valence-electron chi connectivity index (χ3n) is 4.47. The number of nitrogens with zero attached hydrogens (tertiary/aromatic N) is 2. The van der Waals surface area contributed by atoms with Gasteiger partial charge in [-0.2, -0.15) is 0 Å². The summed E-state index contributed by atoms with van der Waals surface area (Å²) < 4.78 is 2.88. The first-order valence-corrected chi connectivity index (χ1v) is 9.21. The van der Waals surface area contributed by atoms with Gasteiger partial charge < -0.3 is 10.4 Å². The van der Waals surface area contributed by atoms with Gasteiger partial charge in [0.1, 0.15) is 16.9 Å². The lowest BCUT2D eigenvalue weighted by molar-refractivity contribution is 0.0555. The van der Waals surface area contributed by atoms with Crippen molar-refractivity contribution in [3.05, 3.63) is 71.0 Å². The molecule has 0 saturated carbocycles. The highest BCUT2D eigenvalue weighted by atomic mass is 32.1. The minimum absolute atomic E-state index is 0.123. The highest BCUT2D eigenvalue weighted by molar-refractivity contribution is 7.19. The van der Waals surface area contributed by atoms with Crippen LogP contribution in [0, 0.1) is 6.92 Å². The summed E-state index contributed by atoms with van der Waals surface area (Å²) in [4.78, 5) is 17.9. The van der Waals surface area contributed by atoms with Gasteiger partial charge in [0.15, 0.2) is 0 Å². The third-order valence-corrected chi connectivity index (χ3v) is 5.84. The maximum Gasteiger partial charge on any atom is 0.270 e. The van der Waals surface area contributed by atoms with Gasteiger partial charge in [-0.3, -0.25) is 9.20 Å². The summed E-state index contributed by atoms with van der Waals surface area (Å²) in [6.45, 7) is 3.66. The molecule has 132 valence electrons. The van der Waals surface area contributed by atoms with E-state index >= 15 is 0 Å². The van der Waals surface area contributed by atoms with Crippen molar-refractivity contribution in [2.75, 3.05) is 6.54 Å². The van der Waals surface area contributed by atoms with E-state index in [2.05, 4.69) is 10.3 Å². The lowest BCUT2D eigenvalue weighted by atomic mass is 10.0. The predicted molar refractivity (Wildman–Crippen MR) is 104 cm³/mol. The molecular formula is C20H19N3O2S. The summed E-state index contributed by atoms with van der Waals surface area (Å²) in [6, 6.07) is 15.6. The van der Waals surface area contributed by atoms with Gasteiger partial charge in [0.05, 0.1) is 12.2 Å². The standard InChI is InChI=1S/C20H19N3O2S/c1-13-18(23-10-6-5-9-17(23)22-13)19(24)21-12-20(2,25)16-11-14-7-3-4-8-15(14)26-16/h3-11,25H,12H2,1-2H3,(H,21,24). The summed E-state index contributed by atoms with van der Waals surface area (Å²) in [7, 11) is 0. The average molecular weight is 365 g/mol. The van der Waals surface area contributed by atoms with Crippen LogP contribution in [0.1, 0.15) is 28.0 Å². The van der Waals surface area contributed by atoms with E-state index in [1.807, 2.05) is 61.7 Å². The molecule has 0 aliphatic heterocycles. The Kier molecular flexibility index (Phi) is 4.01. The molecule has 0 spiro atoms. The van der Waals surface area contributed by atoms with Crippen molar-refractivity contribution in [1.29, 1.82) is 0 Å². The molecule has 2 N–H and O–H groups in total. The number of carbonyl (C=O) groups is 1. The highest BCUT2D eigenvalue weighted by Gasteiger charge is 2.27. The molecule has 1 unspecified atom stereocenters. The largest absolute Gasteiger partial charge is 0.383 e. The molecule has 0 radical (unpaired) electrons. The second-order valence-electron chi connectivity index (χ2n) is 6.58. The number of hydrogen-bond acceptors (Lipinski definition) is 4. The molecule has 4 aromatic rings. The van der Waals surface area contributed by atoms with Gasteiger partial charge >= 0.3 is 0 Å². The number of carbonyl (C=O) groups excluding carboxylic acids is 1. The normalized spacial score (nSPS) is 13.8. The molecule has 0 fully saturated rings. The summed E-state index contributed by atoms with van der Waals surface area (Å²) in [5.74, 6) is -0.248. The van der Waals surface area contributed by atoms with Crippen molar-refractivity contribution in [2.24, 2.45) is 0 Å². The molecule has 5 nitrogen and oxygen atoms in total. The summed E-state index contributed by atoms with van der Waals surface area (Å²) in [5.41, 5.74) is 0.739. The quantitative estimate of drug-likeness (QED) is 0.582. The van der Waals surface area contributed by atoms with Crippen molar-refractivity contribution in [2.45, 2.75) is 19.4 Å². The van der Waals surface area contributed by atoms with E-state index in [0.29, 0.717) is 11.4 Å². The van der Waals surface area contributed by atoms with Crippen molar-refractivity contribution < 1.29 is 9.90 Å². The third kappa shape index (κ3) is 2.87. The second-order valence-corrected chi connectivity index (χ2v) is 7.66. The highest BCUT2D eigenvalue weighted by Crippen LogP contribution is 2.32. The van der Waals surface area contributed by atoms with Crippen molar-refractivity contribution >= 4 is 33.0 Å². The fourth-order valence-corrected chi connectivity index (χ4v) is 4.16. The van der Waals surface area contributed by atoms with Crippen LogP contribution in [-0.2, 0) is 5.60 Å². The molecule has 0 saturated heterocycles. The van der Waals surface area contributed by atoms with Gasteiger partial charge in [-0.25, -0.2) is 4.98 Å². The van der Waals surface area contributed by atoms with Crippen LogP contribution < -0.4 is 5.32 Å². The number of hydrogen-bond donors (Lipinski definition) is 2. The zero-order valence-corrected chi connectivity index (χ0v) is 15.4. The summed E-state index contributed by atoms with van der Waals surface area (Å²) >= 11 is 1.54. The number of pyridine rings is 1. The molecule has 3 heterocycles. The van der Waals surface area contributed by atoms with Gasteiger partial charge in [0, 0.05) is 15.8 Å². The van der Waals surface area contributed by atoms with Crippen molar-refractivity contribution in [1.82, 2.24) is 14.7 Å². The molecule has 1 aromatic carbocycles. The number of rotatable bonds is 4. The molecule has 6 heteroatoms. The van der Waals surface area contributed by atoms with E-state index in [1.54, 1.807) is 22.7 Å². The number of thiophene rings is 1. The Morgan fingerprint density at radius 1 is 1.27 bits per heavy atom. The SMILES string of the molecule is Cc1nc2ccccn2c1C(=O)NCC(C)(O)c1cc2ccccc2s1. The number of amides is 1. The topological polar surface area (TPSA) is 66.6 Å². The molecule has 4 rings (SSSR count). The summed E-state index contributed by atoms with van der Waals surface area (Å²) in [5, 5.41) is 14.8. The number of benzene rings is 1. The van der Waals surface area contributed by atoms with E-state index in [-0.39, 0.29) is 12.5 Å². The Hall–Kier alpha value is -2.70. The lowest BCUT2D eigenvalue weighted by Gasteiger charge is -2.22. The average Bonchev–Trinajstić information content (AvgIpc) is 3.20. The van der Waals surface area contributed by atoms with Crippen molar-refractivity contribution in [3.8, 4) is 0 Å².